The molecule has 104 valence electrons. The number of rotatable bonds is 6. The molecule has 4 nitrogen and oxygen atoms in total. The van der Waals surface area contributed by atoms with Gasteiger partial charge in [-0.25, -0.2) is 0 Å². The highest BCUT2D eigenvalue weighted by Gasteiger charge is 2.31. The van der Waals surface area contributed by atoms with Gasteiger partial charge in [-0.15, -0.1) is 0 Å². The summed E-state index contributed by atoms with van der Waals surface area (Å²) in [6, 6.07) is 6.56. The molecule has 1 aromatic carbocycles. The molecule has 1 aliphatic carbocycles. The van der Waals surface area contributed by atoms with Crippen molar-refractivity contribution in [1.29, 1.82) is 0 Å². The molecule has 0 bridgehead atoms. The highest BCUT2D eigenvalue weighted by Crippen LogP contribution is 2.36. The Bertz CT molecular complexity index is 472. The SMILES string of the molecule is CCCCN(c1cccc(Br)c1/C(N)=N/O)C1CC1. The number of hydrogen-bond donors (Lipinski definition) is 2. The molecule has 0 saturated heterocycles. The summed E-state index contributed by atoms with van der Waals surface area (Å²) in [6.45, 7) is 3.21. The monoisotopic (exact) mass is 325 g/mol. The van der Waals surface area contributed by atoms with Crippen LogP contribution in [-0.2, 0) is 0 Å². The van der Waals surface area contributed by atoms with Crippen molar-refractivity contribution in [3.63, 3.8) is 0 Å². The second-order valence-corrected chi connectivity index (χ2v) is 5.75. The zero-order valence-electron chi connectivity index (χ0n) is 11.1. The zero-order valence-corrected chi connectivity index (χ0v) is 12.7. The largest absolute Gasteiger partial charge is 0.409 e. The quantitative estimate of drug-likeness (QED) is 0.365. The van der Waals surface area contributed by atoms with E-state index in [0.29, 0.717) is 6.04 Å². The molecule has 0 radical (unpaired) electrons. The molecular formula is C14H20BrN3O. The molecule has 2 rings (SSSR count). The third kappa shape index (κ3) is 3.21. The first-order valence-corrected chi connectivity index (χ1v) is 7.51. The maximum atomic E-state index is 8.97. The summed E-state index contributed by atoms with van der Waals surface area (Å²) < 4.78 is 0.863. The fourth-order valence-electron chi connectivity index (χ4n) is 2.27. The van der Waals surface area contributed by atoms with Crippen molar-refractivity contribution in [2.45, 2.75) is 38.6 Å². The molecule has 3 N–H and O–H groups in total. The van der Waals surface area contributed by atoms with Gasteiger partial charge < -0.3 is 15.8 Å². The standard InChI is InChI=1S/C14H20BrN3O/c1-2-3-9-18(10-7-8-10)12-6-4-5-11(15)13(12)14(16)17-19/h4-6,10,19H,2-3,7-9H2,1H3,(H2,16,17). The minimum Gasteiger partial charge on any atom is -0.409 e. The van der Waals surface area contributed by atoms with Crippen LogP contribution >= 0.6 is 15.9 Å². The number of hydrogen-bond acceptors (Lipinski definition) is 3. The predicted molar refractivity (Wildman–Crippen MR) is 81.9 cm³/mol. The van der Waals surface area contributed by atoms with Gasteiger partial charge in [0.25, 0.3) is 0 Å². The topological polar surface area (TPSA) is 61.8 Å². The number of anilines is 1. The lowest BCUT2D eigenvalue weighted by Gasteiger charge is -2.27. The molecule has 1 saturated carbocycles. The van der Waals surface area contributed by atoms with Gasteiger partial charge in [0, 0.05) is 22.7 Å². The van der Waals surface area contributed by atoms with E-state index < -0.39 is 0 Å². The number of nitrogens with two attached hydrogens (primary N) is 1. The van der Waals surface area contributed by atoms with Crippen LogP contribution in [0.1, 0.15) is 38.2 Å². The van der Waals surface area contributed by atoms with E-state index in [0.717, 1.165) is 35.1 Å². The van der Waals surface area contributed by atoms with Crippen LogP contribution in [0.4, 0.5) is 5.69 Å². The smallest absolute Gasteiger partial charge is 0.173 e. The van der Waals surface area contributed by atoms with Crippen LogP contribution < -0.4 is 10.6 Å². The molecule has 5 heteroatoms. The van der Waals surface area contributed by atoms with Gasteiger partial charge in [0.05, 0.1) is 5.56 Å². The van der Waals surface area contributed by atoms with Crippen molar-refractivity contribution in [3.8, 4) is 0 Å². The van der Waals surface area contributed by atoms with Gasteiger partial charge in [0.2, 0.25) is 0 Å². The third-order valence-electron chi connectivity index (χ3n) is 3.41. The lowest BCUT2D eigenvalue weighted by molar-refractivity contribution is 0.318. The van der Waals surface area contributed by atoms with E-state index in [1.165, 1.54) is 12.8 Å². The fraction of sp³-hybridized carbons (Fsp3) is 0.500. The number of halogens is 1. The van der Waals surface area contributed by atoms with E-state index in [2.05, 4.69) is 32.9 Å². The number of oxime groups is 1. The van der Waals surface area contributed by atoms with Crippen molar-refractivity contribution in [2.24, 2.45) is 10.9 Å². The zero-order chi connectivity index (χ0) is 13.8. The van der Waals surface area contributed by atoms with Crippen molar-refractivity contribution >= 4 is 27.5 Å². The van der Waals surface area contributed by atoms with Gasteiger partial charge in [-0.05, 0) is 47.3 Å². The number of benzene rings is 1. The Morgan fingerprint density at radius 1 is 1.53 bits per heavy atom. The first kappa shape index (κ1) is 14.2. The normalized spacial score (nSPS) is 15.6. The molecule has 0 amide bonds. The Morgan fingerprint density at radius 3 is 2.84 bits per heavy atom. The summed E-state index contributed by atoms with van der Waals surface area (Å²) in [4.78, 5) is 2.39. The first-order valence-electron chi connectivity index (χ1n) is 6.72. The molecule has 19 heavy (non-hydrogen) atoms. The van der Waals surface area contributed by atoms with Gasteiger partial charge in [0.15, 0.2) is 5.84 Å². The lowest BCUT2D eigenvalue weighted by Crippen LogP contribution is -2.30. The summed E-state index contributed by atoms with van der Waals surface area (Å²) in [7, 11) is 0. The minimum atomic E-state index is 0.157. The van der Waals surface area contributed by atoms with E-state index in [9.17, 15) is 0 Å². The molecule has 0 atom stereocenters. The van der Waals surface area contributed by atoms with Crippen molar-refractivity contribution in [1.82, 2.24) is 0 Å². The Labute approximate surface area is 122 Å². The summed E-state index contributed by atoms with van der Waals surface area (Å²) in [6.07, 6.45) is 4.77. The van der Waals surface area contributed by atoms with Crippen LogP contribution in [-0.4, -0.2) is 23.6 Å². The van der Waals surface area contributed by atoms with Gasteiger partial charge >= 0.3 is 0 Å². The highest BCUT2D eigenvalue weighted by molar-refractivity contribution is 9.10. The van der Waals surface area contributed by atoms with Gasteiger partial charge in [-0.3, -0.25) is 0 Å². The number of nitrogens with zero attached hydrogens (tertiary/aromatic N) is 2. The van der Waals surface area contributed by atoms with Gasteiger partial charge in [-0.2, -0.15) is 0 Å². The van der Waals surface area contributed by atoms with E-state index in [4.69, 9.17) is 10.9 Å². The Balaban J connectivity index is 2.38. The van der Waals surface area contributed by atoms with Crippen LogP contribution in [0.5, 0.6) is 0 Å². The van der Waals surface area contributed by atoms with E-state index in [1.807, 2.05) is 18.2 Å². The van der Waals surface area contributed by atoms with Crippen LogP contribution in [0.15, 0.2) is 27.8 Å². The molecular weight excluding hydrogens is 306 g/mol. The summed E-state index contributed by atoms with van der Waals surface area (Å²) in [5.41, 5.74) is 7.67. The average molecular weight is 326 g/mol. The van der Waals surface area contributed by atoms with Crippen molar-refractivity contribution in [2.75, 3.05) is 11.4 Å². The van der Waals surface area contributed by atoms with Crippen LogP contribution in [0.3, 0.4) is 0 Å². The maximum Gasteiger partial charge on any atom is 0.173 e. The molecule has 0 spiro atoms. The minimum absolute atomic E-state index is 0.157. The molecule has 0 aromatic heterocycles. The number of unbranched alkanes of at least 4 members (excludes halogenated alkanes) is 1. The predicted octanol–water partition coefficient (Wildman–Crippen LogP) is 3.31. The summed E-state index contributed by atoms with van der Waals surface area (Å²) >= 11 is 3.50. The average Bonchev–Trinajstić information content (AvgIpc) is 3.23. The Morgan fingerprint density at radius 2 is 2.26 bits per heavy atom. The Kier molecular flexibility index (Phi) is 4.69. The third-order valence-corrected chi connectivity index (χ3v) is 4.07. The highest BCUT2D eigenvalue weighted by atomic mass is 79.9. The second-order valence-electron chi connectivity index (χ2n) is 4.90. The summed E-state index contributed by atoms with van der Waals surface area (Å²) in [5.74, 6) is 0.157. The van der Waals surface area contributed by atoms with Crippen molar-refractivity contribution < 1.29 is 5.21 Å². The van der Waals surface area contributed by atoms with Crippen LogP contribution in [0.2, 0.25) is 0 Å². The fourth-order valence-corrected chi connectivity index (χ4v) is 2.83. The van der Waals surface area contributed by atoms with Gasteiger partial charge in [-0.1, -0.05) is 24.6 Å². The van der Waals surface area contributed by atoms with Crippen molar-refractivity contribution in [3.05, 3.63) is 28.2 Å². The molecule has 1 fully saturated rings. The first-order chi connectivity index (χ1) is 9.19. The molecule has 0 aliphatic heterocycles. The molecule has 1 aliphatic rings. The van der Waals surface area contributed by atoms with E-state index in [1.54, 1.807) is 0 Å². The maximum absolute atomic E-state index is 8.97. The van der Waals surface area contributed by atoms with E-state index >= 15 is 0 Å². The van der Waals surface area contributed by atoms with Crippen LogP contribution in [0, 0.1) is 0 Å². The lowest BCUT2D eigenvalue weighted by atomic mass is 10.1. The molecule has 0 heterocycles. The van der Waals surface area contributed by atoms with E-state index in [-0.39, 0.29) is 5.84 Å². The molecule has 1 aromatic rings. The number of amidine groups is 1. The second kappa shape index (κ2) is 6.28. The van der Waals surface area contributed by atoms with Gasteiger partial charge in [0.1, 0.15) is 0 Å². The summed E-state index contributed by atoms with van der Waals surface area (Å²) in [5, 5.41) is 12.1. The Hall–Kier alpha value is -1.23. The van der Waals surface area contributed by atoms with Crippen LogP contribution in [0.25, 0.3) is 0 Å². The molecule has 0 unspecified atom stereocenters.